The predicted molar refractivity (Wildman–Crippen MR) is 93.8 cm³/mol. The van der Waals surface area contributed by atoms with Crippen molar-refractivity contribution in [1.29, 1.82) is 0 Å². The first kappa shape index (κ1) is 14.5. The van der Waals surface area contributed by atoms with E-state index in [9.17, 15) is 4.79 Å². The van der Waals surface area contributed by atoms with E-state index >= 15 is 0 Å². The van der Waals surface area contributed by atoms with Crippen molar-refractivity contribution < 1.29 is 0 Å². The molecule has 0 aliphatic heterocycles. The van der Waals surface area contributed by atoms with E-state index in [1.165, 1.54) is 6.33 Å². The fourth-order valence-corrected chi connectivity index (χ4v) is 2.67. The molecule has 0 atom stereocenters. The summed E-state index contributed by atoms with van der Waals surface area (Å²) in [6.45, 7) is 0. The average molecular weight is 335 g/mol. The standard InChI is InChI=1S/C18H11ClN4O/c19-13-5-3-11(4-6-13)15-8-14-17(21-10-22-18(14)24)16(23-15)12-2-1-7-20-9-12/h1-10H,(H,21,22,24). The minimum Gasteiger partial charge on any atom is -0.313 e. The third-order valence-corrected chi connectivity index (χ3v) is 3.95. The quantitative estimate of drug-likeness (QED) is 0.606. The second kappa shape index (κ2) is 5.86. The van der Waals surface area contributed by atoms with Gasteiger partial charge in [-0.15, -0.1) is 0 Å². The molecule has 0 amide bonds. The Morgan fingerprint density at radius 2 is 1.88 bits per heavy atom. The van der Waals surface area contributed by atoms with Crippen LogP contribution in [0.2, 0.25) is 5.02 Å². The van der Waals surface area contributed by atoms with E-state index < -0.39 is 0 Å². The van der Waals surface area contributed by atoms with E-state index in [0.29, 0.717) is 27.3 Å². The Hall–Kier alpha value is -3.05. The van der Waals surface area contributed by atoms with E-state index in [2.05, 4.69) is 15.0 Å². The number of fused-ring (bicyclic) bond motifs is 1. The maximum absolute atomic E-state index is 12.2. The molecule has 0 unspecified atom stereocenters. The zero-order chi connectivity index (χ0) is 16.5. The highest BCUT2D eigenvalue weighted by Crippen LogP contribution is 2.28. The van der Waals surface area contributed by atoms with E-state index in [4.69, 9.17) is 16.6 Å². The summed E-state index contributed by atoms with van der Waals surface area (Å²) in [7, 11) is 0. The molecule has 0 spiro atoms. The topological polar surface area (TPSA) is 71.5 Å². The minimum absolute atomic E-state index is 0.206. The summed E-state index contributed by atoms with van der Waals surface area (Å²) in [4.78, 5) is 28.0. The van der Waals surface area contributed by atoms with Gasteiger partial charge in [-0.1, -0.05) is 23.7 Å². The maximum Gasteiger partial charge on any atom is 0.258 e. The van der Waals surface area contributed by atoms with Gasteiger partial charge in [0.2, 0.25) is 0 Å². The van der Waals surface area contributed by atoms with E-state index in [0.717, 1.165) is 11.1 Å². The molecule has 3 heterocycles. The number of hydrogen-bond donors (Lipinski definition) is 1. The Kier molecular flexibility index (Phi) is 3.55. The van der Waals surface area contributed by atoms with Crippen molar-refractivity contribution in [2.75, 3.05) is 0 Å². The highest BCUT2D eigenvalue weighted by atomic mass is 35.5. The summed E-state index contributed by atoms with van der Waals surface area (Å²) in [6, 6.07) is 12.8. The van der Waals surface area contributed by atoms with E-state index in [-0.39, 0.29) is 5.56 Å². The monoisotopic (exact) mass is 334 g/mol. The van der Waals surface area contributed by atoms with Gasteiger partial charge in [0.25, 0.3) is 5.56 Å². The fraction of sp³-hybridized carbons (Fsp3) is 0. The molecule has 3 aromatic heterocycles. The van der Waals surface area contributed by atoms with Crippen LogP contribution in [0.3, 0.4) is 0 Å². The first-order chi connectivity index (χ1) is 11.7. The zero-order valence-electron chi connectivity index (χ0n) is 12.4. The zero-order valence-corrected chi connectivity index (χ0v) is 13.2. The molecule has 0 fully saturated rings. The number of hydrogen-bond acceptors (Lipinski definition) is 4. The van der Waals surface area contributed by atoms with Gasteiger partial charge in [-0.2, -0.15) is 0 Å². The lowest BCUT2D eigenvalue weighted by atomic mass is 10.1. The van der Waals surface area contributed by atoms with Gasteiger partial charge in [-0.05, 0) is 30.3 Å². The lowest BCUT2D eigenvalue weighted by Crippen LogP contribution is -2.08. The molecule has 6 heteroatoms. The predicted octanol–water partition coefficient (Wildman–Crippen LogP) is 3.70. The summed E-state index contributed by atoms with van der Waals surface area (Å²) < 4.78 is 0. The lowest BCUT2D eigenvalue weighted by Gasteiger charge is -2.08. The Morgan fingerprint density at radius 3 is 2.62 bits per heavy atom. The van der Waals surface area contributed by atoms with Gasteiger partial charge in [0.1, 0.15) is 5.52 Å². The van der Waals surface area contributed by atoms with Crippen LogP contribution in [0.15, 0.2) is 66.0 Å². The van der Waals surface area contributed by atoms with Crippen molar-refractivity contribution in [2.24, 2.45) is 0 Å². The number of pyridine rings is 2. The van der Waals surface area contributed by atoms with Gasteiger partial charge in [-0.25, -0.2) is 9.97 Å². The van der Waals surface area contributed by atoms with Crippen molar-refractivity contribution in [3.8, 4) is 22.5 Å². The number of rotatable bonds is 2. The summed E-state index contributed by atoms with van der Waals surface area (Å²) in [5.41, 5.74) is 3.31. The highest BCUT2D eigenvalue weighted by Gasteiger charge is 2.13. The van der Waals surface area contributed by atoms with Gasteiger partial charge in [0, 0.05) is 28.5 Å². The van der Waals surface area contributed by atoms with Crippen LogP contribution in [0.4, 0.5) is 0 Å². The maximum atomic E-state index is 12.2. The molecule has 4 aromatic rings. The molecule has 0 saturated carbocycles. The summed E-state index contributed by atoms with van der Waals surface area (Å²) in [6.07, 6.45) is 4.78. The van der Waals surface area contributed by atoms with Gasteiger partial charge >= 0.3 is 0 Å². The lowest BCUT2D eigenvalue weighted by molar-refractivity contribution is 1.16. The van der Waals surface area contributed by atoms with Gasteiger partial charge in [-0.3, -0.25) is 9.78 Å². The van der Waals surface area contributed by atoms with Crippen LogP contribution >= 0.6 is 11.6 Å². The number of aromatic nitrogens is 4. The van der Waals surface area contributed by atoms with Crippen LogP contribution in [0.5, 0.6) is 0 Å². The molecule has 0 radical (unpaired) electrons. The minimum atomic E-state index is -0.206. The number of nitrogens with zero attached hydrogens (tertiary/aromatic N) is 3. The summed E-state index contributed by atoms with van der Waals surface area (Å²) in [5.74, 6) is 0. The molecule has 4 rings (SSSR count). The molecule has 1 aromatic carbocycles. The Bertz CT molecular complexity index is 1080. The van der Waals surface area contributed by atoms with E-state index in [1.807, 2.05) is 24.3 Å². The number of aromatic amines is 1. The van der Waals surface area contributed by atoms with Crippen LogP contribution in [0.25, 0.3) is 33.4 Å². The molecule has 0 bridgehead atoms. The van der Waals surface area contributed by atoms with Gasteiger partial charge in [0.05, 0.1) is 23.1 Å². The Balaban J connectivity index is 2.05. The second-order valence-corrected chi connectivity index (χ2v) is 5.67. The van der Waals surface area contributed by atoms with Crippen LogP contribution in [0, 0.1) is 0 Å². The molecule has 0 aliphatic rings. The Labute approximate surface area is 142 Å². The average Bonchev–Trinajstić information content (AvgIpc) is 2.63. The van der Waals surface area contributed by atoms with Gasteiger partial charge < -0.3 is 4.98 Å². The van der Waals surface area contributed by atoms with Crippen LogP contribution in [-0.4, -0.2) is 19.9 Å². The van der Waals surface area contributed by atoms with E-state index in [1.54, 1.807) is 30.6 Å². The first-order valence-electron chi connectivity index (χ1n) is 7.27. The summed E-state index contributed by atoms with van der Waals surface area (Å²) in [5, 5.41) is 1.13. The third kappa shape index (κ3) is 2.55. The van der Waals surface area contributed by atoms with Crippen LogP contribution < -0.4 is 5.56 Å². The number of nitrogens with one attached hydrogen (secondary N) is 1. The first-order valence-corrected chi connectivity index (χ1v) is 7.65. The number of H-pyrrole nitrogens is 1. The molecular weight excluding hydrogens is 324 g/mol. The third-order valence-electron chi connectivity index (χ3n) is 3.70. The molecule has 1 N–H and O–H groups in total. The van der Waals surface area contributed by atoms with Gasteiger partial charge in [0.15, 0.2) is 0 Å². The molecule has 5 nitrogen and oxygen atoms in total. The van der Waals surface area contributed by atoms with Crippen LogP contribution in [0.1, 0.15) is 0 Å². The van der Waals surface area contributed by atoms with Crippen molar-refractivity contribution in [2.45, 2.75) is 0 Å². The number of benzene rings is 1. The molecule has 116 valence electrons. The Morgan fingerprint density at radius 1 is 1.04 bits per heavy atom. The number of halogens is 1. The molecule has 24 heavy (non-hydrogen) atoms. The highest BCUT2D eigenvalue weighted by molar-refractivity contribution is 6.30. The van der Waals surface area contributed by atoms with Crippen molar-refractivity contribution in [3.63, 3.8) is 0 Å². The summed E-state index contributed by atoms with van der Waals surface area (Å²) >= 11 is 5.95. The van der Waals surface area contributed by atoms with Crippen molar-refractivity contribution in [1.82, 2.24) is 19.9 Å². The van der Waals surface area contributed by atoms with Crippen molar-refractivity contribution >= 4 is 22.5 Å². The van der Waals surface area contributed by atoms with Crippen molar-refractivity contribution in [3.05, 3.63) is 76.6 Å². The largest absolute Gasteiger partial charge is 0.313 e. The molecule has 0 aliphatic carbocycles. The van der Waals surface area contributed by atoms with Crippen LogP contribution in [-0.2, 0) is 0 Å². The molecular formula is C18H11ClN4O. The molecule has 0 saturated heterocycles. The smallest absolute Gasteiger partial charge is 0.258 e. The normalized spacial score (nSPS) is 10.9. The SMILES string of the molecule is O=c1[nH]cnc2c(-c3cccnc3)nc(-c3ccc(Cl)cc3)cc12. The second-order valence-electron chi connectivity index (χ2n) is 5.23. The fourth-order valence-electron chi connectivity index (χ4n) is 2.55.